The minimum atomic E-state index is -3.84. The number of nitriles is 1. The summed E-state index contributed by atoms with van der Waals surface area (Å²) in [5.41, 5.74) is 1.96. The summed E-state index contributed by atoms with van der Waals surface area (Å²) >= 11 is 1.28. The zero-order valence-electron chi connectivity index (χ0n) is 22.7. The molecule has 5 rings (SSSR count). The Kier molecular flexibility index (Phi) is 8.59. The molecule has 1 aromatic heterocycles. The van der Waals surface area contributed by atoms with Crippen LogP contribution < -0.4 is 19.5 Å². The summed E-state index contributed by atoms with van der Waals surface area (Å²) in [7, 11) is -0.758. The van der Waals surface area contributed by atoms with Gasteiger partial charge in [-0.15, -0.1) is 0 Å². The van der Waals surface area contributed by atoms with Gasteiger partial charge < -0.3 is 24.6 Å². The molecule has 0 saturated heterocycles. The van der Waals surface area contributed by atoms with Crippen LogP contribution in [0, 0.1) is 11.3 Å². The van der Waals surface area contributed by atoms with E-state index >= 15 is 0 Å². The topological polar surface area (TPSA) is 131 Å². The highest BCUT2D eigenvalue weighted by molar-refractivity contribution is 7.90. The molecule has 0 radical (unpaired) electrons. The van der Waals surface area contributed by atoms with Crippen LogP contribution in [0.3, 0.4) is 0 Å². The fraction of sp³-hybridized carbons (Fsp3) is 0.161. The van der Waals surface area contributed by atoms with E-state index in [-0.39, 0.29) is 16.2 Å². The number of fused-ring (bicyclic) bond motifs is 1. The van der Waals surface area contributed by atoms with E-state index in [2.05, 4.69) is 16.4 Å². The summed E-state index contributed by atoms with van der Waals surface area (Å²) in [6, 6.07) is 27.3. The summed E-state index contributed by atoms with van der Waals surface area (Å²) in [6.45, 7) is 0. The van der Waals surface area contributed by atoms with Crippen molar-refractivity contribution in [1.82, 2.24) is 4.98 Å². The van der Waals surface area contributed by atoms with Crippen molar-refractivity contribution in [2.75, 3.05) is 19.5 Å². The highest BCUT2D eigenvalue weighted by atomic mass is 32.2. The highest BCUT2D eigenvalue weighted by Gasteiger charge is 2.31. The second-order valence-electron chi connectivity index (χ2n) is 9.24. The van der Waals surface area contributed by atoms with E-state index in [1.54, 1.807) is 86.0 Å². The standard InChI is InChI=1S/C31H27N3O6S2/c1-38-25-16-24-27(17-26(25)39-2)41-31(33-24)34-30(35)29(40-22-14-12-20(18-32)13-15-22)23-10-6-7-11-28(23)42(36,37)19-21-8-4-3-5-9-21/h3-17,29-30,35H,19H2,1-2H3,(H,33,34). The molecule has 2 atom stereocenters. The Morgan fingerprint density at radius 3 is 2.31 bits per heavy atom. The molecule has 0 aliphatic carbocycles. The average molecular weight is 602 g/mol. The Balaban J connectivity index is 1.52. The number of rotatable bonds is 11. The normalized spacial score (nSPS) is 12.7. The fourth-order valence-electron chi connectivity index (χ4n) is 4.44. The van der Waals surface area contributed by atoms with Crippen molar-refractivity contribution >= 4 is 36.5 Å². The van der Waals surface area contributed by atoms with Crippen LogP contribution >= 0.6 is 11.3 Å². The number of hydrogen-bond acceptors (Lipinski definition) is 10. The van der Waals surface area contributed by atoms with E-state index in [0.717, 1.165) is 4.70 Å². The maximum absolute atomic E-state index is 13.7. The lowest BCUT2D eigenvalue weighted by Crippen LogP contribution is -2.32. The number of hydrogen-bond donors (Lipinski definition) is 2. The quantitative estimate of drug-likeness (QED) is 0.183. The van der Waals surface area contributed by atoms with Crippen LogP contribution in [0.25, 0.3) is 10.2 Å². The zero-order valence-corrected chi connectivity index (χ0v) is 24.4. The molecule has 1 heterocycles. The van der Waals surface area contributed by atoms with Crippen molar-refractivity contribution < 1.29 is 27.7 Å². The Labute approximate surface area is 247 Å². The maximum atomic E-state index is 13.7. The number of aromatic nitrogens is 1. The molecule has 2 N–H and O–H groups in total. The summed E-state index contributed by atoms with van der Waals surface area (Å²) in [4.78, 5) is 4.61. The molecule has 0 aliphatic heterocycles. The third kappa shape index (κ3) is 6.31. The second-order valence-corrected chi connectivity index (χ2v) is 12.2. The van der Waals surface area contributed by atoms with Gasteiger partial charge >= 0.3 is 0 Å². The third-order valence-corrected chi connectivity index (χ3v) is 9.16. The third-order valence-electron chi connectivity index (χ3n) is 6.46. The maximum Gasteiger partial charge on any atom is 0.185 e. The first-order valence-corrected chi connectivity index (χ1v) is 15.3. The van der Waals surface area contributed by atoms with Gasteiger partial charge in [0.15, 0.2) is 38.8 Å². The summed E-state index contributed by atoms with van der Waals surface area (Å²) in [5.74, 6) is 1.18. The molecule has 0 fully saturated rings. The first-order valence-electron chi connectivity index (χ1n) is 12.8. The lowest BCUT2D eigenvalue weighted by molar-refractivity contribution is 0.0523. The van der Waals surface area contributed by atoms with Crippen LogP contribution in [0.1, 0.15) is 22.8 Å². The van der Waals surface area contributed by atoms with E-state index < -0.39 is 22.2 Å². The molecule has 0 bridgehead atoms. The van der Waals surface area contributed by atoms with E-state index in [1.807, 2.05) is 6.07 Å². The number of ether oxygens (including phenoxy) is 3. The number of anilines is 1. The van der Waals surface area contributed by atoms with Gasteiger partial charge in [0.2, 0.25) is 0 Å². The Hall–Kier alpha value is -4.63. The largest absolute Gasteiger partial charge is 0.493 e. The summed E-state index contributed by atoms with van der Waals surface area (Å²) in [5, 5.41) is 24.1. The first-order chi connectivity index (χ1) is 20.3. The molecule has 5 aromatic rings. The molecule has 0 spiro atoms. The van der Waals surface area contributed by atoms with Crippen LogP contribution in [0.5, 0.6) is 17.2 Å². The van der Waals surface area contributed by atoms with Gasteiger partial charge in [-0.1, -0.05) is 59.9 Å². The predicted octanol–water partition coefficient (Wildman–Crippen LogP) is 5.71. The Morgan fingerprint density at radius 1 is 0.952 bits per heavy atom. The lowest BCUT2D eigenvalue weighted by atomic mass is 10.1. The summed E-state index contributed by atoms with van der Waals surface area (Å²) in [6.07, 6.45) is -2.59. The molecule has 42 heavy (non-hydrogen) atoms. The van der Waals surface area contributed by atoms with Gasteiger partial charge in [0.1, 0.15) is 5.75 Å². The van der Waals surface area contributed by atoms with Gasteiger partial charge in [0, 0.05) is 17.7 Å². The molecular formula is C31H27N3O6S2. The number of benzene rings is 4. The van der Waals surface area contributed by atoms with Crippen LogP contribution in [-0.4, -0.2) is 39.0 Å². The number of sulfone groups is 1. The zero-order chi connectivity index (χ0) is 29.7. The van der Waals surface area contributed by atoms with Gasteiger partial charge in [-0.2, -0.15) is 5.26 Å². The van der Waals surface area contributed by atoms with E-state index in [0.29, 0.717) is 39.0 Å². The molecular weight excluding hydrogens is 574 g/mol. The number of aliphatic hydroxyl groups excluding tert-OH is 1. The molecule has 0 aliphatic rings. The van der Waals surface area contributed by atoms with Gasteiger partial charge in [-0.3, -0.25) is 0 Å². The Bertz CT molecular complexity index is 1790. The molecule has 9 nitrogen and oxygen atoms in total. The second kappa shape index (κ2) is 12.5. The SMILES string of the molecule is COc1cc2nc(NC(O)C(Oc3ccc(C#N)cc3)c3ccccc3S(=O)(=O)Cc3ccccc3)sc2cc1OC. The predicted molar refractivity (Wildman–Crippen MR) is 161 cm³/mol. The first kappa shape index (κ1) is 28.9. The smallest absolute Gasteiger partial charge is 0.185 e. The highest BCUT2D eigenvalue weighted by Crippen LogP contribution is 2.38. The van der Waals surface area contributed by atoms with Gasteiger partial charge in [0.05, 0.1) is 46.7 Å². The number of nitrogens with one attached hydrogen (secondary N) is 1. The molecule has 2 unspecified atom stereocenters. The molecule has 0 saturated carbocycles. The van der Waals surface area contributed by atoms with Crippen molar-refractivity contribution in [2.45, 2.75) is 23.0 Å². The molecule has 0 amide bonds. The number of nitrogens with zero attached hydrogens (tertiary/aromatic N) is 2. The van der Waals surface area contributed by atoms with Crippen molar-refractivity contribution in [3.63, 3.8) is 0 Å². The fourth-order valence-corrected chi connectivity index (χ4v) is 6.96. The minimum Gasteiger partial charge on any atom is -0.493 e. The number of methoxy groups -OCH3 is 2. The van der Waals surface area contributed by atoms with E-state index in [1.165, 1.54) is 24.5 Å². The van der Waals surface area contributed by atoms with Crippen LogP contribution in [0.15, 0.2) is 95.9 Å². The van der Waals surface area contributed by atoms with Gasteiger partial charge in [-0.05, 0) is 35.9 Å². The van der Waals surface area contributed by atoms with Crippen molar-refractivity contribution in [3.8, 4) is 23.3 Å². The lowest BCUT2D eigenvalue weighted by Gasteiger charge is -2.27. The van der Waals surface area contributed by atoms with Crippen molar-refractivity contribution in [2.24, 2.45) is 0 Å². The van der Waals surface area contributed by atoms with Crippen LogP contribution in [-0.2, 0) is 15.6 Å². The van der Waals surface area contributed by atoms with Gasteiger partial charge in [-0.25, -0.2) is 13.4 Å². The number of thiazole rings is 1. The van der Waals surface area contributed by atoms with E-state index in [4.69, 9.17) is 14.2 Å². The monoisotopic (exact) mass is 601 g/mol. The van der Waals surface area contributed by atoms with Crippen molar-refractivity contribution in [3.05, 3.63) is 108 Å². The summed E-state index contributed by atoms with van der Waals surface area (Å²) < 4.78 is 45.1. The van der Waals surface area contributed by atoms with Gasteiger partial charge in [0.25, 0.3) is 0 Å². The van der Waals surface area contributed by atoms with Crippen LogP contribution in [0.4, 0.5) is 5.13 Å². The molecule has 214 valence electrons. The molecule has 11 heteroatoms. The minimum absolute atomic E-state index is 0.0344. The molecule has 4 aromatic carbocycles. The Morgan fingerprint density at radius 2 is 1.62 bits per heavy atom. The van der Waals surface area contributed by atoms with Crippen LogP contribution in [0.2, 0.25) is 0 Å². The van der Waals surface area contributed by atoms with Crippen molar-refractivity contribution in [1.29, 1.82) is 5.26 Å². The van der Waals surface area contributed by atoms with E-state index in [9.17, 15) is 18.8 Å². The number of aliphatic hydroxyl groups is 1. The average Bonchev–Trinajstić information content (AvgIpc) is 3.40.